The van der Waals surface area contributed by atoms with E-state index in [1.807, 2.05) is 0 Å². The fourth-order valence-electron chi connectivity index (χ4n) is 0.648. The van der Waals surface area contributed by atoms with Crippen LogP contribution < -0.4 is 0 Å². The molecule has 0 aliphatic rings. The molecule has 0 saturated carbocycles. The van der Waals surface area contributed by atoms with Gasteiger partial charge in [0.2, 0.25) is 0 Å². The van der Waals surface area contributed by atoms with Crippen molar-refractivity contribution in [1.82, 2.24) is 0 Å². The second-order valence-corrected chi connectivity index (χ2v) is 4.67. The van der Waals surface area contributed by atoms with E-state index < -0.39 is 10.1 Å². The largest absolute Gasteiger partial charge is 0.507 e. The first-order chi connectivity index (χ1) is 5.41. The Morgan fingerprint density at radius 2 is 1.92 bits per heavy atom. The molecule has 0 bridgehead atoms. The second-order valence-electron chi connectivity index (χ2n) is 2.09. The Bertz CT molecular complexity index is 398. The van der Waals surface area contributed by atoms with Crippen LogP contribution in [0.4, 0.5) is 0 Å². The number of benzene rings is 1. The van der Waals surface area contributed by atoms with Gasteiger partial charge < -0.3 is 5.11 Å². The van der Waals surface area contributed by atoms with Crippen molar-refractivity contribution in [2.45, 2.75) is 4.90 Å². The van der Waals surface area contributed by atoms with Crippen LogP contribution in [-0.2, 0) is 10.1 Å². The fraction of sp³-hybridized carbons (Fsp3) is 0. The van der Waals surface area contributed by atoms with Crippen molar-refractivity contribution in [3.05, 3.63) is 21.8 Å². The Labute approximate surface area is 83.1 Å². The minimum Gasteiger partial charge on any atom is -0.507 e. The van der Waals surface area contributed by atoms with Crippen LogP contribution in [0.1, 0.15) is 0 Å². The number of hydrogen-bond donors (Lipinski definition) is 2. The third kappa shape index (κ3) is 2.08. The molecule has 0 aliphatic carbocycles. The average molecular weight is 300 g/mol. The molecule has 0 aromatic heterocycles. The first-order valence-electron chi connectivity index (χ1n) is 2.87. The van der Waals surface area contributed by atoms with Crippen LogP contribution in [0.2, 0.25) is 0 Å². The molecule has 0 amide bonds. The monoisotopic (exact) mass is 300 g/mol. The number of hydrogen-bond acceptors (Lipinski definition) is 3. The van der Waals surface area contributed by atoms with Crippen LogP contribution in [0, 0.1) is 3.57 Å². The van der Waals surface area contributed by atoms with Gasteiger partial charge in [-0.25, -0.2) is 0 Å². The molecule has 0 atom stereocenters. The van der Waals surface area contributed by atoms with E-state index in [0.29, 0.717) is 3.57 Å². The lowest BCUT2D eigenvalue weighted by Gasteiger charge is -1.98. The lowest BCUT2D eigenvalue weighted by Crippen LogP contribution is -1.97. The van der Waals surface area contributed by atoms with Gasteiger partial charge in [0.25, 0.3) is 10.1 Å². The summed E-state index contributed by atoms with van der Waals surface area (Å²) in [6.07, 6.45) is 0. The van der Waals surface area contributed by atoms with Gasteiger partial charge in [-0.05, 0) is 40.8 Å². The van der Waals surface area contributed by atoms with Gasteiger partial charge in [-0.15, -0.1) is 0 Å². The van der Waals surface area contributed by atoms with Crippen molar-refractivity contribution in [3.63, 3.8) is 0 Å². The summed E-state index contributed by atoms with van der Waals surface area (Å²) in [5.74, 6) is -0.0111. The van der Waals surface area contributed by atoms with Gasteiger partial charge in [-0.2, -0.15) is 8.42 Å². The SMILES string of the molecule is O=S(=O)(O)c1ccc(O)c(I)c1. The highest BCUT2D eigenvalue weighted by molar-refractivity contribution is 14.1. The molecule has 0 heterocycles. The van der Waals surface area contributed by atoms with Gasteiger partial charge in [0.05, 0.1) is 8.47 Å². The highest BCUT2D eigenvalue weighted by Gasteiger charge is 2.10. The molecule has 1 aromatic carbocycles. The zero-order valence-corrected chi connectivity index (χ0v) is 8.70. The summed E-state index contributed by atoms with van der Waals surface area (Å²) >= 11 is 1.76. The molecule has 12 heavy (non-hydrogen) atoms. The first kappa shape index (κ1) is 9.75. The molecule has 0 radical (unpaired) electrons. The predicted octanol–water partition coefficient (Wildman–Crippen LogP) is 1.24. The van der Waals surface area contributed by atoms with Crippen molar-refractivity contribution in [2.24, 2.45) is 0 Å². The normalized spacial score (nSPS) is 11.5. The Hall–Kier alpha value is -0.340. The Morgan fingerprint density at radius 1 is 1.33 bits per heavy atom. The fourth-order valence-corrected chi connectivity index (χ4v) is 1.88. The van der Waals surface area contributed by atoms with Gasteiger partial charge in [0.15, 0.2) is 0 Å². The van der Waals surface area contributed by atoms with Crippen molar-refractivity contribution in [2.75, 3.05) is 0 Å². The van der Waals surface area contributed by atoms with E-state index in [1.54, 1.807) is 22.6 Å². The van der Waals surface area contributed by atoms with Crippen LogP contribution in [0.3, 0.4) is 0 Å². The van der Waals surface area contributed by atoms with E-state index in [1.165, 1.54) is 12.1 Å². The summed E-state index contributed by atoms with van der Waals surface area (Å²) in [4.78, 5) is -0.218. The van der Waals surface area contributed by atoms with Crippen LogP contribution in [-0.4, -0.2) is 18.1 Å². The van der Waals surface area contributed by atoms with Crippen molar-refractivity contribution < 1.29 is 18.1 Å². The maximum absolute atomic E-state index is 10.6. The molecule has 1 aromatic rings. The van der Waals surface area contributed by atoms with Crippen molar-refractivity contribution in [3.8, 4) is 5.75 Å². The molecule has 4 nitrogen and oxygen atoms in total. The molecule has 0 spiro atoms. The van der Waals surface area contributed by atoms with E-state index >= 15 is 0 Å². The number of rotatable bonds is 1. The van der Waals surface area contributed by atoms with Gasteiger partial charge in [-0.1, -0.05) is 0 Å². The van der Waals surface area contributed by atoms with E-state index in [-0.39, 0.29) is 10.6 Å². The summed E-state index contributed by atoms with van der Waals surface area (Å²) in [6, 6.07) is 3.53. The summed E-state index contributed by atoms with van der Waals surface area (Å²) in [5, 5.41) is 9.03. The van der Waals surface area contributed by atoms with Crippen molar-refractivity contribution in [1.29, 1.82) is 0 Å². The molecule has 0 saturated heterocycles. The standard InChI is InChI=1S/C6H5IO4S/c7-5-3-4(12(9,10)11)1-2-6(5)8/h1-3,8H,(H,9,10,11). The number of phenolic OH excluding ortho intramolecular Hbond substituents is 1. The molecular formula is C6H5IO4S. The molecule has 66 valence electrons. The zero-order valence-electron chi connectivity index (χ0n) is 5.73. The molecule has 0 fully saturated rings. The molecule has 1 rings (SSSR count). The lowest BCUT2D eigenvalue weighted by molar-refractivity contribution is 0.469. The van der Waals surface area contributed by atoms with Gasteiger partial charge >= 0.3 is 0 Å². The number of aromatic hydroxyl groups is 1. The summed E-state index contributed by atoms with van der Waals surface area (Å²) < 4.78 is 30.1. The summed E-state index contributed by atoms with van der Waals surface area (Å²) in [6.45, 7) is 0. The Kier molecular flexibility index (Phi) is 2.59. The number of phenols is 1. The maximum atomic E-state index is 10.6. The molecule has 6 heteroatoms. The second kappa shape index (κ2) is 3.19. The molecule has 0 aliphatic heterocycles. The van der Waals surface area contributed by atoms with Gasteiger partial charge in [0, 0.05) is 0 Å². The van der Waals surface area contributed by atoms with Crippen molar-refractivity contribution >= 4 is 32.7 Å². The Morgan fingerprint density at radius 3 is 2.33 bits per heavy atom. The van der Waals surface area contributed by atoms with Crippen LogP contribution in [0.5, 0.6) is 5.75 Å². The molecule has 2 N–H and O–H groups in total. The molecular weight excluding hydrogens is 295 g/mol. The van der Waals surface area contributed by atoms with Gasteiger partial charge in [0.1, 0.15) is 5.75 Å². The maximum Gasteiger partial charge on any atom is 0.294 e. The highest BCUT2D eigenvalue weighted by Crippen LogP contribution is 2.22. The third-order valence-corrected chi connectivity index (χ3v) is 2.93. The quantitative estimate of drug-likeness (QED) is 0.604. The van der Waals surface area contributed by atoms with E-state index in [0.717, 1.165) is 6.07 Å². The summed E-state index contributed by atoms with van der Waals surface area (Å²) in [7, 11) is -4.16. The predicted molar refractivity (Wildman–Crippen MR) is 50.6 cm³/mol. The van der Waals surface area contributed by atoms with Crippen LogP contribution in [0.25, 0.3) is 0 Å². The van der Waals surface area contributed by atoms with E-state index in [4.69, 9.17) is 9.66 Å². The zero-order chi connectivity index (χ0) is 9.35. The van der Waals surface area contributed by atoms with Crippen LogP contribution in [0.15, 0.2) is 23.1 Å². The highest BCUT2D eigenvalue weighted by atomic mass is 127. The van der Waals surface area contributed by atoms with E-state index in [9.17, 15) is 8.42 Å². The van der Waals surface area contributed by atoms with E-state index in [2.05, 4.69) is 0 Å². The number of halogens is 1. The molecule has 0 unspecified atom stereocenters. The first-order valence-corrected chi connectivity index (χ1v) is 5.39. The smallest absolute Gasteiger partial charge is 0.294 e. The Balaban J connectivity index is 3.33. The minimum absolute atomic E-state index is 0.0111. The summed E-state index contributed by atoms with van der Waals surface area (Å²) in [5.41, 5.74) is 0. The third-order valence-electron chi connectivity index (χ3n) is 1.22. The lowest BCUT2D eigenvalue weighted by atomic mass is 10.3. The minimum atomic E-state index is -4.16. The van der Waals surface area contributed by atoms with Gasteiger partial charge in [-0.3, -0.25) is 4.55 Å². The van der Waals surface area contributed by atoms with Crippen LogP contribution >= 0.6 is 22.6 Å². The average Bonchev–Trinajstić information content (AvgIpc) is 1.92. The topological polar surface area (TPSA) is 74.6 Å².